The van der Waals surface area contributed by atoms with Crippen molar-refractivity contribution in [3.8, 4) is 0 Å². The SMILES string of the molecule is CC(C)(C)OC(=O)N1CCC(c2ncc3c(ccn3COCC[Si](C)(C)C)n2)CC1. The molecule has 0 saturated carbocycles. The van der Waals surface area contributed by atoms with Crippen LogP contribution >= 0.6 is 0 Å². The third-order valence-electron chi connectivity index (χ3n) is 5.28. The molecule has 7 nitrogen and oxygen atoms in total. The van der Waals surface area contributed by atoms with Gasteiger partial charge < -0.3 is 18.9 Å². The van der Waals surface area contributed by atoms with Crippen molar-refractivity contribution in [2.45, 2.75) is 77.5 Å². The molecule has 2 aromatic rings. The van der Waals surface area contributed by atoms with Crippen LogP contribution in [0.15, 0.2) is 18.5 Å². The van der Waals surface area contributed by atoms with E-state index in [1.165, 1.54) is 0 Å². The van der Waals surface area contributed by atoms with Gasteiger partial charge in [0.05, 0.1) is 17.2 Å². The zero-order chi connectivity index (χ0) is 21.9. The Hall–Kier alpha value is -1.93. The van der Waals surface area contributed by atoms with Crippen LogP contribution in [-0.4, -0.2) is 58.9 Å². The summed E-state index contributed by atoms with van der Waals surface area (Å²) in [7, 11) is -1.08. The van der Waals surface area contributed by atoms with Crippen LogP contribution in [0.5, 0.6) is 0 Å². The van der Waals surface area contributed by atoms with Gasteiger partial charge in [-0.2, -0.15) is 0 Å². The monoisotopic (exact) mass is 432 g/mol. The molecule has 1 saturated heterocycles. The molecular weight excluding hydrogens is 396 g/mol. The van der Waals surface area contributed by atoms with Crippen LogP contribution in [0.4, 0.5) is 4.79 Å². The van der Waals surface area contributed by atoms with Crippen molar-refractivity contribution in [1.29, 1.82) is 0 Å². The number of rotatable bonds is 6. The molecule has 166 valence electrons. The average molecular weight is 433 g/mol. The molecule has 3 heterocycles. The van der Waals surface area contributed by atoms with Crippen LogP contribution in [0.25, 0.3) is 11.0 Å². The molecule has 0 unspecified atom stereocenters. The van der Waals surface area contributed by atoms with Crippen molar-refractivity contribution in [3.05, 3.63) is 24.3 Å². The largest absolute Gasteiger partial charge is 0.444 e. The Morgan fingerprint density at radius 2 is 1.93 bits per heavy atom. The maximum atomic E-state index is 12.3. The van der Waals surface area contributed by atoms with Gasteiger partial charge in [0.25, 0.3) is 0 Å². The molecule has 0 bridgehead atoms. The third kappa shape index (κ3) is 6.28. The number of nitrogens with zero attached hydrogens (tertiary/aromatic N) is 4. The highest BCUT2D eigenvalue weighted by Crippen LogP contribution is 2.27. The molecule has 3 rings (SSSR count). The second-order valence-electron chi connectivity index (χ2n) is 10.4. The summed E-state index contributed by atoms with van der Waals surface area (Å²) in [6.07, 6.45) is 5.39. The number of hydrogen-bond acceptors (Lipinski definition) is 5. The van der Waals surface area contributed by atoms with Crippen LogP contribution in [0.1, 0.15) is 45.4 Å². The number of carbonyl (C=O) groups excluding carboxylic acids is 1. The van der Waals surface area contributed by atoms with Gasteiger partial charge in [-0.05, 0) is 45.7 Å². The Kier molecular flexibility index (Phi) is 6.87. The molecule has 1 fully saturated rings. The zero-order valence-electron chi connectivity index (χ0n) is 19.3. The van der Waals surface area contributed by atoms with Crippen molar-refractivity contribution < 1.29 is 14.3 Å². The Balaban J connectivity index is 1.56. The molecule has 8 heteroatoms. The van der Waals surface area contributed by atoms with E-state index in [2.05, 4.69) is 29.2 Å². The molecule has 0 aliphatic carbocycles. The average Bonchev–Trinajstić information content (AvgIpc) is 3.05. The highest BCUT2D eigenvalue weighted by Gasteiger charge is 2.28. The fourth-order valence-electron chi connectivity index (χ4n) is 3.49. The minimum absolute atomic E-state index is 0.233. The lowest BCUT2D eigenvalue weighted by Crippen LogP contribution is -2.41. The quantitative estimate of drug-likeness (QED) is 0.482. The molecule has 0 N–H and O–H groups in total. The van der Waals surface area contributed by atoms with Crippen molar-refractivity contribution in [3.63, 3.8) is 0 Å². The summed E-state index contributed by atoms with van der Waals surface area (Å²) in [5.74, 6) is 1.13. The predicted molar refractivity (Wildman–Crippen MR) is 121 cm³/mol. The van der Waals surface area contributed by atoms with Gasteiger partial charge in [0.2, 0.25) is 0 Å². The van der Waals surface area contributed by atoms with E-state index >= 15 is 0 Å². The number of aromatic nitrogens is 3. The molecule has 0 radical (unpaired) electrons. The van der Waals surface area contributed by atoms with E-state index in [0.29, 0.717) is 19.8 Å². The van der Waals surface area contributed by atoms with Crippen molar-refractivity contribution in [2.75, 3.05) is 19.7 Å². The smallest absolute Gasteiger partial charge is 0.410 e. The van der Waals surface area contributed by atoms with Gasteiger partial charge in [0.15, 0.2) is 0 Å². The summed E-state index contributed by atoms with van der Waals surface area (Å²) in [5.41, 5.74) is 1.48. The topological polar surface area (TPSA) is 69.5 Å². The number of hydrogen-bond donors (Lipinski definition) is 0. The maximum absolute atomic E-state index is 12.3. The molecule has 0 spiro atoms. The van der Waals surface area contributed by atoms with E-state index in [1.807, 2.05) is 39.2 Å². The summed E-state index contributed by atoms with van der Waals surface area (Å²) in [6, 6.07) is 3.19. The first-order valence-electron chi connectivity index (χ1n) is 10.9. The standard InChI is InChI=1S/C22H36N4O3Si/c1-22(2,3)29-21(27)25-10-7-17(8-11-25)20-23-15-19-18(24-20)9-12-26(19)16-28-13-14-30(4,5)6/h9,12,15,17H,7-8,10-11,13-14,16H2,1-6H3. The summed E-state index contributed by atoms with van der Waals surface area (Å²) in [6.45, 7) is 15.4. The highest BCUT2D eigenvalue weighted by molar-refractivity contribution is 6.76. The number of ether oxygens (including phenoxy) is 2. The Morgan fingerprint density at radius 1 is 1.23 bits per heavy atom. The first-order chi connectivity index (χ1) is 14.0. The zero-order valence-corrected chi connectivity index (χ0v) is 20.3. The van der Waals surface area contributed by atoms with Gasteiger partial charge in [-0.3, -0.25) is 0 Å². The summed E-state index contributed by atoms with van der Waals surface area (Å²) in [4.78, 5) is 23.5. The van der Waals surface area contributed by atoms with E-state index in [9.17, 15) is 4.79 Å². The molecule has 1 aliphatic rings. The molecule has 2 aromatic heterocycles. The Labute approximate surface area is 180 Å². The number of carbonyl (C=O) groups is 1. The van der Waals surface area contributed by atoms with Gasteiger partial charge in [0.1, 0.15) is 18.2 Å². The first kappa shape index (κ1) is 22.7. The molecule has 0 atom stereocenters. The van der Waals surface area contributed by atoms with E-state index in [-0.39, 0.29) is 12.0 Å². The second kappa shape index (κ2) is 9.06. The van der Waals surface area contributed by atoms with Gasteiger partial charge in [-0.15, -0.1) is 0 Å². The van der Waals surface area contributed by atoms with Crippen molar-refractivity contribution in [2.24, 2.45) is 0 Å². The van der Waals surface area contributed by atoms with Crippen LogP contribution in [0.2, 0.25) is 25.7 Å². The molecule has 1 amide bonds. The molecule has 30 heavy (non-hydrogen) atoms. The lowest BCUT2D eigenvalue weighted by atomic mass is 9.96. The fraction of sp³-hybridized carbons (Fsp3) is 0.682. The van der Waals surface area contributed by atoms with Gasteiger partial charge in [-0.25, -0.2) is 14.8 Å². The molecule has 1 aliphatic heterocycles. The number of fused-ring (bicyclic) bond motifs is 1. The third-order valence-corrected chi connectivity index (χ3v) is 6.98. The summed E-state index contributed by atoms with van der Waals surface area (Å²) < 4.78 is 13.4. The lowest BCUT2D eigenvalue weighted by Gasteiger charge is -2.32. The van der Waals surface area contributed by atoms with E-state index in [4.69, 9.17) is 14.5 Å². The fourth-order valence-corrected chi connectivity index (χ4v) is 4.24. The second-order valence-corrected chi connectivity index (χ2v) is 16.0. The van der Waals surface area contributed by atoms with E-state index in [1.54, 1.807) is 4.90 Å². The van der Waals surface area contributed by atoms with Gasteiger partial charge >= 0.3 is 6.09 Å². The highest BCUT2D eigenvalue weighted by atomic mass is 28.3. The lowest BCUT2D eigenvalue weighted by molar-refractivity contribution is 0.0203. The number of amides is 1. The van der Waals surface area contributed by atoms with Crippen LogP contribution in [0.3, 0.4) is 0 Å². The summed E-state index contributed by atoms with van der Waals surface area (Å²) >= 11 is 0. The van der Waals surface area contributed by atoms with E-state index in [0.717, 1.165) is 42.4 Å². The van der Waals surface area contributed by atoms with Crippen LogP contribution < -0.4 is 0 Å². The normalized spacial score (nSPS) is 16.3. The van der Waals surface area contributed by atoms with Crippen molar-refractivity contribution in [1.82, 2.24) is 19.4 Å². The minimum Gasteiger partial charge on any atom is -0.444 e. The van der Waals surface area contributed by atoms with Gasteiger partial charge in [0, 0.05) is 39.9 Å². The minimum atomic E-state index is -1.08. The predicted octanol–water partition coefficient (Wildman–Crippen LogP) is 4.86. The van der Waals surface area contributed by atoms with Crippen LogP contribution in [0, 0.1) is 0 Å². The number of likely N-dealkylation sites (tertiary alicyclic amines) is 1. The Bertz CT molecular complexity index is 861. The first-order valence-corrected chi connectivity index (χ1v) is 14.6. The molecular formula is C22H36N4O3Si. The number of piperidine rings is 1. The molecule has 0 aromatic carbocycles. The van der Waals surface area contributed by atoms with Crippen LogP contribution in [-0.2, 0) is 16.2 Å². The maximum Gasteiger partial charge on any atom is 0.410 e. The van der Waals surface area contributed by atoms with E-state index < -0.39 is 13.7 Å². The summed E-state index contributed by atoms with van der Waals surface area (Å²) in [5, 5.41) is 0. The van der Waals surface area contributed by atoms with Gasteiger partial charge in [-0.1, -0.05) is 19.6 Å². The Morgan fingerprint density at radius 3 is 2.57 bits per heavy atom. The van der Waals surface area contributed by atoms with Crippen molar-refractivity contribution >= 4 is 25.2 Å².